The van der Waals surface area contributed by atoms with Crippen molar-refractivity contribution in [1.82, 2.24) is 4.90 Å². The van der Waals surface area contributed by atoms with E-state index in [0.29, 0.717) is 0 Å². The second-order valence-electron chi connectivity index (χ2n) is 4.82. The van der Waals surface area contributed by atoms with Crippen molar-refractivity contribution in [2.45, 2.75) is 26.3 Å². The molecular weight excluding hydrogens is 232 g/mol. The predicted octanol–water partition coefficient (Wildman–Crippen LogP) is 3.01. The second-order valence-corrected chi connectivity index (χ2v) is 5.45. The maximum Gasteiger partial charge on any atom is 0.0823 e. The summed E-state index contributed by atoms with van der Waals surface area (Å²) in [6.45, 7) is 10.7. The van der Waals surface area contributed by atoms with E-state index in [1.807, 2.05) is 0 Å². The number of rotatable bonds is 2. The highest BCUT2D eigenvalue weighted by Crippen LogP contribution is 2.24. The third kappa shape index (κ3) is 2.75. The molecule has 0 amide bonds. The van der Waals surface area contributed by atoms with Gasteiger partial charge >= 0.3 is 0 Å². The third-order valence-corrected chi connectivity index (χ3v) is 4.01. The van der Waals surface area contributed by atoms with Crippen LogP contribution in [0.15, 0.2) is 18.2 Å². The molecule has 1 unspecified atom stereocenters. The van der Waals surface area contributed by atoms with Crippen molar-refractivity contribution in [2.24, 2.45) is 0 Å². The maximum atomic E-state index is 6.11. The summed E-state index contributed by atoms with van der Waals surface area (Å²) >= 11 is 6.11. The topological polar surface area (TPSA) is 6.48 Å². The van der Waals surface area contributed by atoms with E-state index in [4.69, 9.17) is 11.6 Å². The van der Waals surface area contributed by atoms with Gasteiger partial charge < -0.3 is 4.90 Å². The van der Waals surface area contributed by atoms with Crippen LogP contribution < -0.4 is 4.90 Å². The Labute approximate surface area is 109 Å². The minimum Gasteiger partial charge on any atom is -0.369 e. The standard InChI is InChI=1S/C14H21ClN2/c1-11-5-4-6-14(12(11)2)17-9-7-16(8-10-17)13(3)15/h4-6,13H,7-10H2,1-3H3. The smallest absolute Gasteiger partial charge is 0.0823 e. The molecule has 2 rings (SSSR count). The number of alkyl halides is 1. The molecular formula is C14H21ClN2. The molecule has 1 heterocycles. The molecule has 1 aromatic carbocycles. The van der Waals surface area contributed by atoms with Gasteiger partial charge in [0.2, 0.25) is 0 Å². The molecule has 1 fully saturated rings. The van der Waals surface area contributed by atoms with Crippen LogP contribution in [0.3, 0.4) is 0 Å². The van der Waals surface area contributed by atoms with Crippen molar-refractivity contribution in [1.29, 1.82) is 0 Å². The van der Waals surface area contributed by atoms with Crippen LogP contribution >= 0.6 is 11.6 Å². The molecule has 94 valence electrons. The Balaban J connectivity index is 2.08. The summed E-state index contributed by atoms with van der Waals surface area (Å²) in [6.07, 6.45) is 0. The summed E-state index contributed by atoms with van der Waals surface area (Å²) in [4.78, 5) is 4.79. The first-order valence-electron chi connectivity index (χ1n) is 6.29. The monoisotopic (exact) mass is 252 g/mol. The lowest BCUT2D eigenvalue weighted by atomic mass is 10.1. The number of benzene rings is 1. The van der Waals surface area contributed by atoms with Crippen LogP contribution in [-0.4, -0.2) is 36.6 Å². The molecule has 1 aliphatic rings. The lowest BCUT2D eigenvalue weighted by Crippen LogP contribution is -2.48. The quantitative estimate of drug-likeness (QED) is 0.590. The summed E-state index contributed by atoms with van der Waals surface area (Å²) in [6, 6.07) is 6.55. The van der Waals surface area contributed by atoms with E-state index < -0.39 is 0 Å². The van der Waals surface area contributed by atoms with Crippen LogP contribution in [0, 0.1) is 13.8 Å². The number of anilines is 1. The number of nitrogens with zero attached hydrogens (tertiary/aromatic N) is 2. The number of hydrogen-bond donors (Lipinski definition) is 0. The summed E-state index contributed by atoms with van der Waals surface area (Å²) in [5.74, 6) is 0. The van der Waals surface area contributed by atoms with Crippen molar-refractivity contribution in [3.63, 3.8) is 0 Å². The van der Waals surface area contributed by atoms with E-state index >= 15 is 0 Å². The molecule has 3 heteroatoms. The van der Waals surface area contributed by atoms with Crippen LogP contribution in [-0.2, 0) is 0 Å². The van der Waals surface area contributed by atoms with E-state index in [1.54, 1.807) is 0 Å². The normalized spacial score (nSPS) is 19.4. The molecule has 0 aliphatic carbocycles. The van der Waals surface area contributed by atoms with Gasteiger partial charge in [-0.3, -0.25) is 4.90 Å². The molecule has 2 nitrogen and oxygen atoms in total. The second kappa shape index (κ2) is 5.28. The largest absolute Gasteiger partial charge is 0.369 e. The summed E-state index contributed by atoms with van der Waals surface area (Å²) in [5, 5.41) is 0. The zero-order valence-corrected chi connectivity index (χ0v) is 11.7. The Morgan fingerprint density at radius 1 is 1.12 bits per heavy atom. The molecule has 1 aliphatic heterocycles. The van der Waals surface area contributed by atoms with E-state index in [-0.39, 0.29) is 5.50 Å². The number of aryl methyl sites for hydroxylation is 1. The first-order valence-corrected chi connectivity index (χ1v) is 6.72. The molecule has 0 saturated carbocycles. The SMILES string of the molecule is Cc1cccc(N2CCN(C(C)Cl)CC2)c1C. The summed E-state index contributed by atoms with van der Waals surface area (Å²) < 4.78 is 0. The van der Waals surface area contributed by atoms with E-state index in [0.717, 1.165) is 26.2 Å². The highest BCUT2D eigenvalue weighted by molar-refractivity contribution is 6.20. The lowest BCUT2D eigenvalue weighted by Gasteiger charge is -2.38. The van der Waals surface area contributed by atoms with E-state index in [1.165, 1.54) is 16.8 Å². The Bertz CT molecular complexity index is 382. The average Bonchev–Trinajstić information content (AvgIpc) is 2.33. The van der Waals surface area contributed by atoms with E-state index in [9.17, 15) is 0 Å². The van der Waals surface area contributed by atoms with Gasteiger partial charge in [-0.15, -0.1) is 11.6 Å². The molecule has 1 atom stereocenters. The summed E-state index contributed by atoms with van der Waals surface area (Å²) in [5.41, 5.74) is 4.30. The van der Waals surface area contributed by atoms with Gasteiger partial charge in [0.25, 0.3) is 0 Å². The first kappa shape index (κ1) is 12.7. The van der Waals surface area contributed by atoms with Crippen molar-refractivity contribution in [3.05, 3.63) is 29.3 Å². The molecule has 1 saturated heterocycles. The van der Waals surface area contributed by atoms with Crippen molar-refractivity contribution >= 4 is 17.3 Å². The Morgan fingerprint density at radius 3 is 2.35 bits per heavy atom. The fourth-order valence-corrected chi connectivity index (χ4v) is 2.59. The molecule has 1 aromatic rings. The fourth-order valence-electron chi connectivity index (χ4n) is 2.40. The maximum absolute atomic E-state index is 6.11. The number of halogens is 1. The Hall–Kier alpha value is -0.730. The van der Waals surface area contributed by atoms with Crippen LogP contribution in [0.2, 0.25) is 0 Å². The van der Waals surface area contributed by atoms with Gasteiger partial charge in [0, 0.05) is 31.9 Å². The van der Waals surface area contributed by atoms with Gasteiger partial charge in [-0.1, -0.05) is 12.1 Å². The molecule has 0 bridgehead atoms. The van der Waals surface area contributed by atoms with Gasteiger partial charge in [-0.05, 0) is 38.0 Å². The minimum atomic E-state index is 0.149. The van der Waals surface area contributed by atoms with Crippen LogP contribution in [0.5, 0.6) is 0 Å². The van der Waals surface area contributed by atoms with Crippen LogP contribution in [0.25, 0.3) is 0 Å². The lowest BCUT2D eigenvalue weighted by molar-refractivity contribution is 0.247. The third-order valence-electron chi connectivity index (χ3n) is 3.73. The number of hydrogen-bond acceptors (Lipinski definition) is 2. The van der Waals surface area contributed by atoms with Gasteiger partial charge in [0.15, 0.2) is 0 Å². The predicted molar refractivity (Wildman–Crippen MR) is 75.0 cm³/mol. The summed E-state index contributed by atoms with van der Waals surface area (Å²) in [7, 11) is 0. The molecule has 0 aromatic heterocycles. The number of piperazine rings is 1. The zero-order chi connectivity index (χ0) is 12.4. The Kier molecular flexibility index (Phi) is 3.95. The molecule has 0 N–H and O–H groups in total. The van der Waals surface area contributed by atoms with Gasteiger partial charge in [0.05, 0.1) is 5.50 Å². The van der Waals surface area contributed by atoms with Gasteiger partial charge in [0.1, 0.15) is 0 Å². The molecule has 0 spiro atoms. The highest BCUT2D eigenvalue weighted by Gasteiger charge is 2.20. The zero-order valence-electron chi connectivity index (χ0n) is 10.9. The average molecular weight is 253 g/mol. The highest BCUT2D eigenvalue weighted by atomic mass is 35.5. The Morgan fingerprint density at radius 2 is 1.76 bits per heavy atom. The van der Waals surface area contributed by atoms with E-state index in [2.05, 4.69) is 48.8 Å². The molecule has 17 heavy (non-hydrogen) atoms. The first-order chi connectivity index (χ1) is 8.09. The van der Waals surface area contributed by atoms with Gasteiger partial charge in [-0.25, -0.2) is 0 Å². The van der Waals surface area contributed by atoms with Gasteiger partial charge in [-0.2, -0.15) is 0 Å². The van der Waals surface area contributed by atoms with Crippen molar-refractivity contribution in [2.75, 3.05) is 31.1 Å². The van der Waals surface area contributed by atoms with Crippen LogP contribution in [0.4, 0.5) is 5.69 Å². The van der Waals surface area contributed by atoms with Crippen molar-refractivity contribution in [3.8, 4) is 0 Å². The minimum absolute atomic E-state index is 0.149. The molecule has 0 radical (unpaired) electrons. The van der Waals surface area contributed by atoms with Crippen molar-refractivity contribution < 1.29 is 0 Å². The van der Waals surface area contributed by atoms with Crippen LogP contribution in [0.1, 0.15) is 18.1 Å². The fraction of sp³-hybridized carbons (Fsp3) is 0.571.